The largest absolute Gasteiger partial charge is 0.378 e. The Hall–Kier alpha value is -2.31. The normalized spacial score (nSPS) is 20.9. The van der Waals surface area contributed by atoms with E-state index < -0.39 is 0 Å². The van der Waals surface area contributed by atoms with Crippen molar-refractivity contribution in [3.05, 3.63) is 54.0 Å². The van der Waals surface area contributed by atoms with Crippen molar-refractivity contribution in [3.63, 3.8) is 0 Å². The predicted molar refractivity (Wildman–Crippen MR) is 105 cm³/mol. The fourth-order valence-corrected chi connectivity index (χ4v) is 4.00. The number of likely N-dealkylation sites (tertiary alicyclic amines) is 1. The van der Waals surface area contributed by atoms with Crippen molar-refractivity contribution in [2.45, 2.75) is 18.8 Å². The molecule has 1 amide bonds. The maximum atomic E-state index is 13.2. The molecule has 1 unspecified atom stereocenters. The number of rotatable bonds is 4. The molecular formula is C22H26FN3O2. The maximum absolute atomic E-state index is 13.2. The molecule has 1 aromatic carbocycles. The second-order valence-corrected chi connectivity index (χ2v) is 7.52. The van der Waals surface area contributed by atoms with Gasteiger partial charge in [0, 0.05) is 36.8 Å². The summed E-state index contributed by atoms with van der Waals surface area (Å²) in [6, 6.07) is 12.5. The first-order valence-electron chi connectivity index (χ1n) is 10.00. The number of carbonyl (C=O) groups excluding carboxylic acids is 1. The standard InChI is InChI=1S/C22H26FN3O2/c23-19-8-6-17(7-9-19)20-4-1-5-21(24-20)18-3-2-10-25(15-18)16-22(27)26-11-13-28-14-12-26/h1,4-9,18H,2-3,10-16H2. The minimum atomic E-state index is -0.243. The Kier molecular flexibility index (Phi) is 5.98. The number of hydrogen-bond donors (Lipinski definition) is 0. The molecule has 1 aromatic heterocycles. The Morgan fingerprint density at radius 3 is 2.68 bits per heavy atom. The van der Waals surface area contributed by atoms with Gasteiger partial charge in [-0.2, -0.15) is 0 Å². The van der Waals surface area contributed by atoms with Crippen molar-refractivity contribution in [2.75, 3.05) is 45.9 Å². The van der Waals surface area contributed by atoms with Crippen molar-refractivity contribution in [2.24, 2.45) is 0 Å². The predicted octanol–water partition coefficient (Wildman–Crippen LogP) is 2.93. The van der Waals surface area contributed by atoms with Crippen LogP contribution in [-0.2, 0) is 9.53 Å². The van der Waals surface area contributed by atoms with E-state index in [1.54, 1.807) is 12.1 Å². The van der Waals surface area contributed by atoms with Crippen molar-refractivity contribution in [3.8, 4) is 11.3 Å². The lowest BCUT2D eigenvalue weighted by molar-refractivity contribution is -0.136. The SMILES string of the molecule is O=C(CN1CCCC(c2cccc(-c3ccc(F)cc3)n2)C1)N1CCOCC1. The number of nitrogens with zero attached hydrogens (tertiary/aromatic N) is 3. The molecule has 2 aromatic rings. The van der Waals surface area contributed by atoms with Crippen molar-refractivity contribution >= 4 is 5.91 Å². The number of halogens is 1. The lowest BCUT2D eigenvalue weighted by Gasteiger charge is -2.34. The molecule has 3 heterocycles. The van der Waals surface area contributed by atoms with Gasteiger partial charge >= 0.3 is 0 Å². The van der Waals surface area contributed by atoms with Crippen LogP contribution >= 0.6 is 0 Å². The van der Waals surface area contributed by atoms with E-state index in [2.05, 4.69) is 11.0 Å². The molecule has 0 saturated carbocycles. The highest BCUT2D eigenvalue weighted by atomic mass is 19.1. The molecule has 4 rings (SSSR count). The molecule has 0 radical (unpaired) electrons. The summed E-state index contributed by atoms with van der Waals surface area (Å²) in [4.78, 5) is 21.5. The summed E-state index contributed by atoms with van der Waals surface area (Å²) in [6.45, 7) is 4.91. The van der Waals surface area contributed by atoms with Gasteiger partial charge < -0.3 is 9.64 Å². The lowest BCUT2D eigenvalue weighted by atomic mass is 9.93. The molecule has 2 aliphatic heterocycles. The van der Waals surface area contributed by atoms with Crippen LogP contribution in [0.15, 0.2) is 42.5 Å². The Balaban J connectivity index is 1.42. The number of carbonyl (C=O) groups is 1. The first-order chi connectivity index (χ1) is 13.7. The van der Waals surface area contributed by atoms with E-state index in [1.165, 1.54) is 12.1 Å². The zero-order chi connectivity index (χ0) is 19.3. The van der Waals surface area contributed by atoms with Crippen LogP contribution < -0.4 is 0 Å². The highest BCUT2D eigenvalue weighted by molar-refractivity contribution is 5.78. The first kappa shape index (κ1) is 19.0. The third-order valence-electron chi connectivity index (χ3n) is 5.56. The average Bonchev–Trinajstić information content (AvgIpc) is 2.75. The van der Waals surface area contributed by atoms with Crippen molar-refractivity contribution < 1.29 is 13.9 Å². The quantitative estimate of drug-likeness (QED) is 0.814. The third kappa shape index (κ3) is 4.56. The van der Waals surface area contributed by atoms with Crippen LogP contribution in [0.1, 0.15) is 24.5 Å². The highest BCUT2D eigenvalue weighted by Gasteiger charge is 2.26. The van der Waals surface area contributed by atoms with Crippen LogP contribution in [0.25, 0.3) is 11.3 Å². The molecular weight excluding hydrogens is 357 g/mol. The Labute approximate surface area is 165 Å². The number of piperidine rings is 1. The average molecular weight is 383 g/mol. The number of aromatic nitrogens is 1. The highest BCUT2D eigenvalue weighted by Crippen LogP contribution is 2.27. The van der Waals surface area contributed by atoms with E-state index >= 15 is 0 Å². The summed E-state index contributed by atoms with van der Waals surface area (Å²) in [6.07, 6.45) is 2.13. The molecule has 2 aliphatic rings. The maximum Gasteiger partial charge on any atom is 0.236 e. The number of amides is 1. The van der Waals surface area contributed by atoms with E-state index in [-0.39, 0.29) is 11.7 Å². The van der Waals surface area contributed by atoms with Crippen LogP contribution in [0.2, 0.25) is 0 Å². The van der Waals surface area contributed by atoms with Crippen LogP contribution in [0.4, 0.5) is 4.39 Å². The van der Waals surface area contributed by atoms with Gasteiger partial charge in [-0.1, -0.05) is 6.07 Å². The molecule has 1 atom stereocenters. The molecule has 0 bridgehead atoms. The molecule has 0 spiro atoms. The van der Waals surface area contributed by atoms with Gasteiger partial charge in [0.2, 0.25) is 5.91 Å². The van der Waals surface area contributed by atoms with Crippen LogP contribution in [0.3, 0.4) is 0 Å². The summed E-state index contributed by atoms with van der Waals surface area (Å²) in [5, 5.41) is 0. The minimum absolute atomic E-state index is 0.192. The summed E-state index contributed by atoms with van der Waals surface area (Å²) < 4.78 is 18.5. The monoisotopic (exact) mass is 383 g/mol. The smallest absolute Gasteiger partial charge is 0.236 e. The summed E-state index contributed by atoms with van der Waals surface area (Å²) in [5.41, 5.74) is 2.82. The van der Waals surface area contributed by atoms with Gasteiger partial charge in [0.15, 0.2) is 0 Å². The van der Waals surface area contributed by atoms with E-state index in [9.17, 15) is 9.18 Å². The zero-order valence-electron chi connectivity index (χ0n) is 16.0. The molecule has 0 N–H and O–H groups in total. The summed E-state index contributed by atoms with van der Waals surface area (Å²) >= 11 is 0. The van der Waals surface area contributed by atoms with E-state index in [0.29, 0.717) is 38.8 Å². The molecule has 2 fully saturated rings. The molecule has 2 saturated heterocycles. The van der Waals surface area contributed by atoms with Crippen molar-refractivity contribution in [1.82, 2.24) is 14.8 Å². The van der Waals surface area contributed by atoms with Crippen LogP contribution in [-0.4, -0.2) is 66.6 Å². The number of pyridine rings is 1. The second-order valence-electron chi connectivity index (χ2n) is 7.52. The van der Waals surface area contributed by atoms with Gasteiger partial charge in [0.05, 0.1) is 25.5 Å². The Morgan fingerprint density at radius 1 is 1.11 bits per heavy atom. The first-order valence-corrected chi connectivity index (χ1v) is 10.00. The van der Waals surface area contributed by atoms with Crippen molar-refractivity contribution in [1.29, 1.82) is 0 Å². The second kappa shape index (κ2) is 8.80. The zero-order valence-corrected chi connectivity index (χ0v) is 16.0. The number of morpholine rings is 1. The van der Waals surface area contributed by atoms with Gasteiger partial charge in [-0.25, -0.2) is 4.39 Å². The molecule has 6 heteroatoms. The third-order valence-corrected chi connectivity index (χ3v) is 5.56. The van der Waals surface area contributed by atoms with Gasteiger partial charge in [-0.15, -0.1) is 0 Å². The molecule has 0 aliphatic carbocycles. The van der Waals surface area contributed by atoms with Gasteiger partial charge in [-0.05, 0) is 55.8 Å². The van der Waals surface area contributed by atoms with Crippen LogP contribution in [0, 0.1) is 5.82 Å². The van der Waals surface area contributed by atoms with Crippen LogP contribution in [0.5, 0.6) is 0 Å². The topological polar surface area (TPSA) is 45.7 Å². The van der Waals surface area contributed by atoms with E-state index in [4.69, 9.17) is 9.72 Å². The Bertz CT molecular complexity index is 806. The number of hydrogen-bond acceptors (Lipinski definition) is 4. The fourth-order valence-electron chi connectivity index (χ4n) is 4.00. The Morgan fingerprint density at radius 2 is 1.89 bits per heavy atom. The minimum Gasteiger partial charge on any atom is -0.378 e. The molecule has 28 heavy (non-hydrogen) atoms. The summed E-state index contributed by atoms with van der Waals surface area (Å²) in [7, 11) is 0. The number of benzene rings is 1. The van der Waals surface area contributed by atoms with Gasteiger partial charge in [0.1, 0.15) is 5.82 Å². The van der Waals surface area contributed by atoms with E-state index in [0.717, 1.165) is 42.9 Å². The number of ether oxygens (including phenoxy) is 1. The lowest BCUT2D eigenvalue weighted by Crippen LogP contribution is -2.47. The molecule has 5 nitrogen and oxygen atoms in total. The molecule has 148 valence electrons. The fraction of sp³-hybridized carbons (Fsp3) is 0.455. The van der Waals surface area contributed by atoms with Gasteiger partial charge in [0.25, 0.3) is 0 Å². The van der Waals surface area contributed by atoms with Gasteiger partial charge in [-0.3, -0.25) is 14.7 Å². The van der Waals surface area contributed by atoms with E-state index in [1.807, 2.05) is 17.0 Å². The summed E-state index contributed by atoms with van der Waals surface area (Å²) in [5.74, 6) is 0.261.